The monoisotopic (exact) mass is 385 g/mol. The molecular formula is C20H13F2NO5. The average molecular weight is 385 g/mol. The van der Waals surface area contributed by atoms with Crippen molar-refractivity contribution >= 4 is 28.4 Å². The van der Waals surface area contributed by atoms with Crippen molar-refractivity contribution in [3.05, 3.63) is 87.7 Å². The lowest BCUT2D eigenvalue weighted by atomic mass is 10.1. The van der Waals surface area contributed by atoms with Crippen molar-refractivity contribution in [2.24, 2.45) is 0 Å². The Hall–Kier alpha value is -3.81. The molecule has 0 amide bonds. The molecule has 3 rings (SSSR count). The molecule has 0 saturated carbocycles. The van der Waals surface area contributed by atoms with Crippen LogP contribution < -0.4 is 5.43 Å². The molecular weight excluding hydrogens is 372 g/mol. The molecule has 0 aliphatic rings. The van der Waals surface area contributed by atoms with Crippen LogP contribution >= 0.6 is 0 Å². The van der Waals surface area contributed by atoms with Crippen LogP contribution in [0.15, 0.2) is 59.5 Å². The molecule has 0 saturated heterocycles. The molecule has 0 spiro atoms. The Labute approximate surface area is 156 Å². The number of aliphatic hydroxyl groups excluding tert-OH is 1. The van der Waals surface area contributed by atoms with Gasteiger partial charge in [0.2, 0.25) is 0 Å². The van der Waals surface area contributed by atoms with E-state index in [2.05, 4.69) is 0 Å². The van der Waals surface area contributed by atoms with E-state index in [0.717, 1.165) is 24.4 Å². The van der Waals surface area contributed by atoms with Crippen LogP contribution in [0.4, 0.5) is 8.78 Å². The van der Waals surface area contributed by atoms with Crippen LogP contribution in [0.3, 0.4) is 0 Å². The first-order valence-electron chi connectivity index (χ1n) is 8.02. The smallest absolute Gasteiger partial charge is 0.376 e. The summed E-state index contributed by atoms with van der Waals surface area (Å²) in [7, 11) is 0. The normalized spacial score (nSPS) is 11.6. The Morgan fingerprint density at radius 3 is 2.50 bits per heavy atom. The largest absolute Gasteiger partial charge is 0.507 e. The van der Waals surface area contributed by atoms with Gasteiger partial charge in [0.25, 0.3) is 5.78 Å². The van der Waals surface area contributed by atoms with Gasteiger partial charge in [-0.3, -0.25) is 9.59 Å². The molecule has 3 aromatic rings. The lowest BCUT2D eigenvalue weighted by Gasteiger charge is -2.14. The van der Waals surface area contributed by atoms with Gasteiger partial charge in [-0.1, -0.05) is 12.1 Å². The number of fused-ring (bicyclic) bond motifs is 1. The molecule has 0 unspecified atom stereocenters. The molecule has 0 bridgehead atoms. The van der Waals surface area contributed by atoms with Crippen molar-refractivity contribution in [1.82, 2.24) is 4.57 Å². The van der Waals surface area contributed by atoms with Gasteiger partial charge in [0.1, 0.15) is 17.4 Å². The van der Waals surface area contributed by atoms with E-state index in [1.165, 1.54) is 10.6 Å². The van der Waals surface area contributed by atoms with Gasteiger partial charge in [-0.15, -0.1) is 0 Å². The van der Waals surface area contributed by atoms with Gasteiger partial charge in [-0.2, -0.15) is 0 Å². The number of carbonyl (C=O) groups is 2. The summed E-state index contributed by atoms with van der Waals surface area (Å²) in [6.07, 6.45) is 1.58. The second-order valence-corrected chi connectivity index (χ2v) is 5.95. The minimum absolute atomic E-state index is 0.00448. The summed E-state index contributed by atoms with van der Waals surface area (Å²) in [5, 5.41) is 18.9. The Balaban J connectivity index is 2.21. The average Bonchev–Trinajstić information content (AvgIpc) is 2.66. The van der Waals surface area contributed by atoms with E-state index >= 15 is 0 Å². The predicted molar refractivity (Wildman–Crippen MR) is 96.9 cm³/mol. The van der Waals surface area contributed by atoms with E-state index in [9.17, 15) is 28.3 Å². The lowest BCUT2D eigenvalue weighted by Crippen LogP contribution is -2.17. The third-order valence-corrected chi connectivity index (χ3v) is 4.09. The SMILES string of the molecule is O=C(O)C(=O)C=C(O)c1cn(Cc2cc(F)ccc2F)c2ccccc2c1=O. The number of halogens is 2. The second kappa shape index (κ2) is 7.43. The van der Waals surface area contributed by atoms with Gasteiger partial charge in [-0.25, -0.2) is 13.6 Å². The number of hydrogen-bond donors (Lipinski definition) is 2. The number of rotatable bonds is 5. The maximum absolute atomic E-state index is 14.0. The number of aromatic nitrogens is 1. The topological polar surface area (TPSA) is 96.6 Å². The second-order valence-electron chi connectivity index (χ2n) is 5.95. The van der Waals surface area contributed by atoms with Crippen molar-refractivity contribution < 1.29 is 28.6 Å². The van der Waals surface area contributed by atoms with Crippen LogP contribution in [0.1, 0.15) is 11.1 Å². The first kappa shape index (κ1) is 19.0. The lowest BCUT2D eigenvalue weighted by molar-refractivity contribution is -0.146. The Kier molecular flexibility index (Phi) is 5.04. The fourth-order valence-electron chi connectivity index (χ4n) is 2.77. The van der Waals surface area contributed by atoms with Gasteiger partial charge >= 0.3 is 5.97 Å². The number of aliphatic hydroxyl groups is 1. The highest BCUT2D eigenvalue weighted by atomic mass is 19.1. The maximum atomic E-state index is 14.0. The molecule has 0 fully saturated rings. The summed E-state index contributed by atoms with van der Waals surface area (Å²) in [5.74, 6) is -5.35. The molecule has 0 aliphatic heterocycles. The number of nitrogens with zero attached hydrogens (tertiary/aromatic N) is 1. The summed E-state index contributed by atoms with van der Waals surface area (Å²) < 4.78 is 28.9. The fraction of sp³-hybridized carbons (Fsp3) is 0.0500. The summed E-state index contributed by atoms with van der Waals surface area (Å²) in [5.41, 5.74) is -0.592. The van der Waals surface area contributed by atoms with Crippen molar-refractivity contribution in [1.29, 1.82) is 0 Å². The molecule has 1 aromatic heterocycles. The first-order valence-corrected chi connectivity index (χ1v) is 8.02. The minimum Gasteiger partial charge on any atom is -0.507 e. The highest BCUT2D eigenvalue weighted by Gasteiger charge is 2.16. The number of benzene rings is 2. The number of pyridine rings is 1. The summed E-state index contributed by atoms with van der Waals surface area (Å²) in [6, 6.07) is 9.21. The molecule has 0 atom stereocenters. The zero-order valence-corrected chi connectivity index (χ0v) is 14.2. The summed E-state index contributed by atoms with van der Waals surface area (Å²) >= 11 is 0. The molecule has 1 heterocycles. The van der Waals surface area contributed by atoms with E-state index in [1.54, 1.807) is 18.2 Å². The number of carboxylic acid groups (broad SMARTS) is 1. The zero-order chi connectivity index (χ0) is 20.4. The maximum Gasteiger partial charge on any atom is 0.376 e. The van der Waals surface area contributed by atoms with Crippen LogP contribution in [0, 0.1) is 11.6 Å². The highest BCUT2D eigenvalue weighted by Crippen LogP contribution is 2.19. The van der Waals surface area contributed by atoms with Gasteiger partial charge in [0.15, 0.2) is 5.43 Å². The third-order valence-electron chi connectivity index (χ3n) is 4.09. The standard InChI is InChI=1S/C20H13F2NO5/c21-12-5-6-15(22)11(7-12)9-23-10-14(17(24)8-18(25)20(27)28)19(26)13-3-1-2-4-16(13)23/h1-8,10,24H,9H2,(H,27,28). The van der Waals surface area contributed by atoms with E-state index < -0.39 is 34.6 Å². The number of para-hydroxylation sites is 1. The van der Waals surface area contributed by atoms with E-state index in [-0.39, 0.29) is 23.1 Å². The van der Waals surface area contributed by atoms with Crippen molar-refractivity contribution in [2.45, 2.75) is 6.54 Å². The Bertz CT molecular complexity index is 1200. The number of aliphatic carboxylic acids is 1. The van der Waals surface area contributed by atoms with Gasteiger partial charge < -0.3 is 14.8 Å². The number of carboxylic acids is 1. The molecule has 8 heteroatoms. The summed E-state index contributed by atoms with van der Waals surface area (Å²) in [4.78, 5) is 34.6. The number of hydrogen-bond acceptors (Lipinski definition) is 4. The van der Waals surface area contributed by atoms with Crippen LogP contribution in [-0.4, -0.2) is 26.5 Å². The predicted octanol–water partition coefficient (Wildman–Crippen LogP) is 2.88. The van der Waals surface area contributed by atoms with Crippen molar-refractivity contribution in [3.8, 4) is 0 Å². The molecule has 0 aliphatic carbocycles. The minimum atomic E-state index is -1.80. The molecule has 2 N–H and O–H groups in total. The Morgan fingerprint density at radius 2 is 1.79 bits per heavy atom. The quantitative estimate of drug-likeness (QED) is 0.400. The summed E-state index contributed by atoms with van der Waals surface area (Å²) in [6.45, 7) is -0.169. The van der Waals surface area contributed by atoms with Gasteiger partial charge in [0.05, 0.1) is 17.6 Å². The molecule has 0 radical (unpaired) electrons. The van der Waals surface area contributed by atoms with Crippen LogP contribution in [0.2, 0.25) is 0 Å². The number of carbonyl (C=O) groups excluding carboxylic acids is 1. The van der Waals surface area contributed by atoms with Crippen LogP contribution in [-0.2, 0) is 16.1 Å². The molecule has 142 valence electrons. The van der Waals surface area contributed by atoms with Crippen molar-refractivity contribution in [3.63, 3.8) is 0 Å². The van der Waals surface area contributed by atoms with Crippen LogP contribution in [0.25, 0.3) is 16.7 Å². The van der Waals surface area contributed by atoms with E-state index in [1.807, 2.05) is 0 Å². The fourth-order valence-corrected chi connectivity index (χ4v) is 2.77. The van der Waals surface area contributed by atoms with Gasteiger partial charge in [-0.05, 0) is 30.3 Å². The first-order chi connectivity index (χ1) is 13.3. The molecule has 6 nitrogen and oxygen atoms in total. The highest BCUT2D eigenvalue weighted by molar-refractivity contribution is 6.38. The third kappa shape index (κ3) is 3.66. The Morgan fingerprint density at radius 1 is 1.07 bits per heavy atom. The van der Waals surface area contributed by atoms with E-state index in [4.69, 9.17) is 5.11 Å². The van der Waals surface area contributed by atoms with Gasteiger partial charge in [0, 0.05) is 23.2 Å². The zero-order valence-electron chi connectivity index (χ0n) is 14.2. The van der Waals surface area contributed by atoms with Crippen LogP contribution in [0.5, 0.6) is 0 Å². The molecule has 2 aromatic carbocycles. The molecule has 28 heavy (non-hydrogen) atoms. The van der Waals surface area contributed by atoms with Crippen molar-refractivity contribution in [2.75, 3.05) is 0 Å². The van der Waals surface area contributed by atoms with E-state index in [0.29, 0.717) is 11.6 Å². The number of ketones is 1.